The Hall–Kier alpha value is -2.86. The molecule has 3 heteroatoms. The van der Waals surface area contributed by atoms with Crippen molar-refractivity contribution in [3.63, 3.8) is 0 Å². The Morgan fingerprint density at radius 1 is 1.10 bits per heavy atom. The Kier molecular flexibility index (Phi) is 3.08. The second-order valence-electron chi connectivity index (χ2n) is 5.17. The number of terminal acetylenes is 1. The number of nitrogen functional groups attached to an aromatic ring is 1. The maximum absolute atomic E-state index is 5.99. The molecule has 2 aromatic carbocycles. The summed E-state index contributed by atoms with van der Waals surface area (Å²) in [6.07, 6.45) is 5.65. The van der Waals surface area contributed by atoms with Crippen LogP contribution in [0.1, 0.15) is 22.6 Å². The number of ether oxygens (including phenoxy) is 1. The highest BCUT2D eigenvalue weighted by Gasteiger charge is 2.29. The summed E-state index contributed by atoms with van der Waals surface area (Å²) >= 11 is 0. The zero-order chi connectivity index (χ0) is 15.0. The topological polar surface area (TPSA) is 61.3 Å². The van der Waals surface area contributed by atoms with Crippen molar-refractivity contribution in [2.45, 2.75) is 12.8 Å². The van der Waals surface area contributed by atoms with Gasteiger partial charge in [0.25, 0.3) is 0 Å². The summed E-state index contributed by atoms with van der Waals surface area (Å²) in [4.78, 5) is 0. The molecule has 0 radical (unpaired) electrons. The van der Waals surface area contributed by atoms with E-state index < -0.39 is 0 Å². The quantitative estimate of drug-likeness (QED) is 0.622. The average molecular weight is 276 g/mol. The third kappa shape index (κ3) is 2.21. The van der Waals surface area contributed by atoms with E-state index in [0.717, 1.165) is 11.1 Å². The first kappa shape index (κ1) is 13.1. The van der Waals surface area contributed by atoms with Gasteiger partial charge in [0.05, 0.1) is 11.5 Å². The number of aryl methyl sites for hydroxylation is 1. The van der Waals surface area contributed by atoms with Crippen LogP contribution in [0.15, 0.2) is 53.9 Å². The minimum Gasteiger partial charge on any atom is -0.440 e. The number of allylic oxidation sites excluding steroid dienone is 1. The molecule has 1 aliphatic heterocycles. The van der Waals surface area contributed by atoms with Crippen molar-refractivity contribution in [2.75, 3.05) is 5.73 Å². The number of nitrogens with two attached hydrogens (primary N) is 2. The number of fused-ring (bicyclic) bond motifs is 1. The highest BCUT2D eigenvalue weighted by molar-refractivity contribution is 5.60. The smallest absolute Gasteiger partial charge is 0.203 e. The van der Waals surface area contributed by atoms with E-state index in [0.29, 0.717) is 17.0 Å². The van der Waals surface area contributed by atoms with Crippen molar-refractivity contribution < 1.29 is 4.74 Å². The molecule has 0 fully saturated rings. The molecular weight excluding hydrogens is 260 g/mol. The number of hydrogen-bond donors (Lipinski definition) is 2. The number of rotatable bonds is 1. The van der Waals surface area contributed by atoms with Crippen LogP contribution in [0, 0.1) is 19.3 Å². The summed E-state index contributed by atoms with van der Waals surface area (Å²) in [5.74, 6) is 3.50. The first-order valence-electron chi connectivity index (χ1n) is 6.70. The molecule has 3 rings (SSSR count). The van der Waals surface area contributed by atoms with Crippen LogP contribution < -0.4 is 16.2 Å². The summed E-state index contributed by atoms with van der Waals surface area (Å²) in [6, 6.07) is 13.8. The number of benzene rings is 2. The Labute approximate surface area is 124 Å². The van der Waals surface area contributed by atoms with Gasteiger partial charge in [0.2, 0.25) is 5.88 Å². The predicted molar refractivity (Wildman–Crippen MR) is 84.6 cm³/mol. The molecule has 0 spiro atoms. The molecule has 0 bridgehead atoms. The lowest BCUT2D eigenvalue weighted by atomic mass is 9.83. The summed E-state index contributed by atoms with van der Waals surface area (Å²) in [7, 11) is 0. The van der Waals surface area contributed by atoms with E-state index in [9.17, 15) is 0 Å². The minimum atomic E-state index is -0.0973. The first-order chi connectivity index (χ1) is 10.1. The van der Waals surface area contributed by atoms with Crippen molar-refractivity contribution in [1.29, 1.82) is 0 Å². The van der Waals surface area contributed by atoms with Crippen LogP contribution in [-0.4, -0.2) is 0 Å². The molecule has 0 aromatic heterocycles. The fourth-order valence-electron chi connectivity index (χ4n) is 2.61. The van der Waals surface area contributed by atoms with Gasteiger partial charge in [-0.1, -0.05) is 41.8 Å². The zero-order valence-corrected chi connectivity index (χ0v) is 11.8. The molecule has 104 valence electrons. The van der Waals surface area contributed by atoms with Crippen LogP contribution in [0.25, 0.3) is 0 Å². The molecule has 0 amide bonds. The summed E-state index contributed by atoms with van der Waals surface area (Å²) < 4.78 is 5.63. The molecule has 0 aliphatic carbocycles. The molecule has 1 unspecified atom stereocenters. The molecule has 1 atom stereocenters. The van der Waals surface area contributed by atoms with Crippen LogP contribution in [0.3, 0.4) is 0 Å². The summed E-state index contributed by atoms with van der Waals surface area (Å²) in [5, 5.41) is 0. The van der Waals surface area contributed by atoms with E-state index in [1.54, 1.807) is 6.07 Å². The Morgan fingerprint density at radius 3 is 2.48 bits per heavy atom. The van der Waals surface area contributed by atoms with Gasteiger partial charge in [0.15, 0.2) is 0 Å². The zero-order valence-electron chi connectivity index (χ0n) is 11.8. The molecule has 3 nitrogen and oxygen atoms in total. The van der Waals surface area contributed by atoms with Crippen LogP contribution >= 0.6 is 0 Å². The maximum Gasteiger partial charge on any atom is 0.203 e. The van der Waals surface area contributed by atoms with Gasteiger partial charge in [-0.2, -0.15) is 0 Å². The lowest BCUT2D eigenvalue weighted by Crippen LogP contribution is -2.21. The van der Waals surface area contributed by atoms with Crippen LogP contribution in [0.2, 0.25) is 0 Å². The minimum absolute atomic E-state index is 0.0973. The summed E-state index contributed by atoms with van der Waals surface area (Å²) in [6.45, 7) is 2.05. The van der Waals surface area contributed by atoms with Gasteiger partial charge in [-0.05, 0) is 18.6 Å². The average Bonchev–Trinajstić information content (AvgIpc) is 2.46. The molecule has 2 aromatic rings. The van der Waals surface area contributed by atoms with Crippen molar-refractivity contribution in [1.82, 2.24) is 0 Å². The van der Waals surface area contributed by atoms with Crippen LogP contribution in [0.5, 0.6) is 5.75 Å². The highest BCUT2D eigenvalue weighted by atomic mass is 16.5. The SMILES string of the molecule is C#CC1=C(N)Oc2cc(N)ccc2C1c1ccc(C)cc1. The Morgan fingerprint density at radius 2 is 1.81 bits per heavy atom. The molecule has 4 N–H and O–H groups in total. The molecule has 0 saturated carbocycles. The van der Waals surface area contributed by atoms with E-state index in [1.807, 2.05) is 12.1 Å². The van der Waals surface area contributed by atoms with Gasteiger partial charge >= 0.3 is 0 Å². The number of hydrogen-bond acceptors (Lipinski definition) is 3. The molecule has 0 saturated heterocycles. The van der Waals surface area contributed by atoms with E-state index in [4.69, 9.17) is 22.6 Å². The van der Waals surface area contributed by atoms with Gasteiger partial charge < -0.3 is 16.2 Å². The molecular formula is C18H16N2O. The Balaban J connectivity index is 2.21. The third-order valence-corrected chi connectivity index (χ3v) is 3.69. The maximum atomic E-state index is 5.99. The predicted octanol–water partition coefficient (Wildman–Crippen LogP) is 2.91. The molecule has 21 heavy (non-hydrogen) atoms. The van der Waals surface area contributed by atoms with E-state index in [-0.39, 0.29) is 11.8 Å². The van der Waals surface area contributed by atoms with Crippen molar-refractivity contribution in [3.05, 3.63) is 70.6 Å². The van der Waals surface area contributed by atoms with Crippen molar-refractivity contribution >= 4 is 5.69 Å². The Bertz CT molecular complexity index is 767. The lowest BCUT2D eigenvalue weighted by Gasteiger charge is -2.27. The fourth-order valence-corrected chi connectivity index (χ4v) is 2.61. The fraction of sp³-hybridized carbons (Fsp3) is 0.111. The lowest BCUT2D eigenvalue weighted by molar-refractivity contribution is 0.394. The molecule has 1 heterocycles. The van der Waals surface area contributed by atoms with E-state index in [2.05, 4.69) is 37.1 Å². The van der Waals surface area contributed by atoms with E-state index >= 15 is 0 Å². The monoisotopic (exact) mass is 276 g/mol. The molecule has 1 aliphatic rings. The largest absolute Gasteiger partial charge is 0.440 e. The standard InChI is InChI=1S/C18H16N2O/c1-3-14-17(12-6-4-11(2)5-7-12)15-9-8-13(19)10-16(15)21-18(14)20/h1,4-10,17H,19-20H2,2H3. The second-order valence-corrected chi connectivity index (χ2v) is 5.17. The third-order valence-electron chi connectivity index (χ3n) is 3.69. The number of anilines is 1. The van der Waals surface area contributed by atoms with Crippen molar-refractivity contribution in [3.8, 4) is 18.1 Å². The van der Waals surface area contributed by atoms with Gasteiger partial charge in [0, 0.05) is 17.3 Å². The second kappa shape index (κ2) is 4.92. The normalized spacial score (nSPS) is 16.9. The van der Waals surface area contributed by atoms with Gasteiger partial charge in [-0.3, -0.25) is 0 Å². The summed E-state index contributed by atoms with van der Waals surface area (Å²) in [5.41, 5.74) is 16.4. The van der Waals surface area contributed by atoms with Gasteiger partial charge in [0.1, 0.15) is 5.75 Å². The van der Waals surface area contributed by atoms with Crippen LogP contribution in [0.4, 0.5) is 5.69 Å². The van der Waals surface area contributed by atoms with Gasteiger partial charge in [-0.25, -0.2) is 0 Å². The van der Waals surface area contributed by atoms with Gasteiger partial charge in [-0.15, -0.1) is 6.42 Å². The first-order valence-corrected chi connectivity index (χ1v) is 6.70. The van der Waals surface area contributed by atoms with Crippen molar-refractivity contribution in [2.24, 2.45) is 5.73 Å². The highest BCUT2D eigenvalue weighted by Crippen LogP contribution is 2.42. The van der Waals surface area contributed by atoms with Crippen LogP contribution in [-0.2, 0) is 0 Å². The van der Waals surface area contributed by atoms with E-state index in [1.165, 1.54) is 5.56 Å².